The Balaban J connectivity index is 1.46. The Morgan fingerprint density at radius 1 is 0.853 bits per heavy atom. The number of morpholine rings is 1. The quantitative estimate of drug-likeness (QED) is 0.463. The number of hydrogen-bond acceptors (Lipinski definition) is 7. The van der Waals surface area contributed by atoms with Gasteiger partial charge in [0.1, 0.15) is 11.5 Å². The number of benzene rings is 1. The number of ether oxygens (including phenoxy) is 1. The monoisotopic (exact) mass is 452 g/mol. The Labute approximate surface area is 199 Å². The Morgan fingerprint density at radius 3 is 2.50 bits per heavy atom. The van der Waals surface area contributed by atoms with Crippen LogP contribution in [0, 0.1) is 6.92 Å². The van der Waals surface area contributed by atoms with E-state index in [4.69, 9.17) is 9.72 Å². The lowest BCUT2D eigenvalue weighted by molar-refractivity contribution is 0.0342. The summed E-state index contributed by atoms with van der Waals surface area (Å²) in [5.74, 6) is 1.32. The van der Waals surface area contributed by atoms with Crippen molar-refractivity contribution >= 4 is 5.82 Å². The average molecular weight is 453 g/mol. The maximum Gasteiger partial charge on any atom is 0.180 e. The highest BCUT2D eigenvalue weighted by Crippen LogP contribution is 2.28. The predicted molar refractivity (Wildman–Crippen MR) is 134 cm³/mol. The van der Waals surface area contributed by atoms with Crippen LogP contribution in [0.4, 0.5) is 5.82 Å². The second kappa shape index (κ2) is 10.1. The van der Waals surface area contributed by atoms with E-state index in [9.17, 15) is 0 Å². The van der Waals surface area contributed by atoms with Crippen LogP contribution in [0.3, 0.4) is 0 Å². The van der Waals surface area contributed by atoms with E-state index in [0.29, 0.717) is 5.82 Å². The molecule has 1 aliphatic rings. The molecule has 0 spiro atoms. The summed E-state index contributed by atoms with van der Waals surface area (Å²) in [4.78, 5) is 21.0. The molecule has 5 rings (SSSR count). The third-order valence-electron chi connectivity index (χ3n) is 5.90. The zero-order chi connectivity index (χ0) is 23.3. The Kier molecular flexibility index (Phi) is 6.56. The molecule has 0 saturated carbocycles. The first kappa shape index (κ1) is 22.1. The van der Waals surface area contributed by atoms with Crippen molar-refractivity contribution in [2.75, 3.05) is 38.7 Å². The van der Waals surface area contributed by atoms with Crippen molar-refractivity contribution in [3.8, 4) is 33.9 Å². The standard InChI is InChI=1S/C27H28N6O/c1-19-5-3-8-24(30-19)27-31-25(15-26(28-2)32-27)23-14-22(16-29-17-23)21-7-4-6-20(13-21)18-33-9-11-34-12-10-33/h3-8,13-17H,9-12,18H2,1-2H3,(H,28,31,32). The van der Waals surface area contributed by atoms with Crippen molar-refractivity contribution in [1.29, 1.82) is 0 Å². The van der Waals surface area contributed by atoms with E-state index in [2.05, 4.69) is 55.5 Å². The third kappa shape index (κ3) is 5.11. The molecule has 0 radical (unpaired) electrons. The molecule has 0 aliphatic carbocycles. The molecule has 1 saturated heterocycles. The van der Waals surface area contributed by atoms with Crippen LogP contribution in [0.15, 0.2) is 67.0 Å². The van der Waals surface area contributed by atoms with Gasteiger partial charge in [0.25, 0.3) is 0 Å². The number of pyridine rings is 2. The molecular formula is C27H28N6O. The number of aryl methyl sites for hydroxylation is 1. The zero-order valence-electron chi connectivity index (χ0n) is 19.5. The van der Waals surface area contributed by atoms with Gasteiger partial charge < -0.3 is 10.1 Å². The molecular weight excluding hydrogens is 424 g/mol. The van der Waals surface area contributed by atoms with E-state index in [1.54, 1.807) is 0 Å². The second-order valence-corrected chi connectivity index (χ2v) is 8.43. The minimum Gasteiger partial charge on any atom is -0.379 e. The summed E-state index contributed by atoms with van der Waals surface area (Å²) in [5.41, 5.74) is 6.90. The minimum absolute atomic E-state index is 0.587. The Hall–Kier alpha value is -3.68. The van der Waals surface area contributed by atoms with Crippen LogP contribution < -0.4 is 5.32 Å². The molecule has 7 heteroatoms. The number of aromatic nitrogens is 4. The van der Waals surface area contributed by atoms with E-state index in [-0.39, 0.29) is 0 Å². The van der Waals surface area contributed by atoms with Crippen LogP contribution >= 0.6 is 0 Å². The van der Waals surface area contributed by atoms with Gasteiger partial charge in [0.2, 0.25) is 0 Å². The van der Waals surface area contributed by atoms with Crippen molar-refractivity contribution in [3.05, 3.63) is 78.2 Å². The van der Waals surface area contributed by atoms with Crippen molar-refractivity contribution in [1.82, 2.24) is 24.8 Å². The van der Waals surface area contributed by atoms with Crippen LogP contribution in [-0.2, 0) is 11.3 Å². The molecule has 0 unspecified atom stereocenters. The summed E-state index contributed by atoms with van der Waals surface area (Å²) >= 11 is 0. The molecule has 3 aromatic heterocycles. The fourth-order valence-corrected chi connectivity index (χ4v) is 4.11. The van der Waals surface area contributed by atoms with Gasteiger partial charge in [-0.05, 0) is 42.3 Å². The van der Waals surface area contributed by atoms with Crippen LogP contribution in [0.25, 0.3) is 33.9 Å². The summed E-state index contributed by atoms with van der Waals surface area (Å²) in [5, 5.41) is 3.14. The third-order valence-corrected chi connectivity index (χ3v) is 5.90. The maximum absolute atomic E-state index is 5.48. The number of anilines is 1. The summed E-state index contributed by atoms with van der Waals surface area (Å²) in [6.45, 7) is 6.45. The molecule has 1 aromatic carbocycles. The fourth-order valence-electron chi connectivity index (χ4n) is 4.11. The highest BCUT2D eigenvalue weighted by Gasteiger charge is 2.13. The first-order valence-corrected chi connectivity index (χ1v) is 11.5. The molecule has 1 fully saturated rings. The molecule has 7 nitrogen and oxygen atoms in total. The largest absolute Gasteiger partial charge is 0.379 e. The van der Waals surface area contributed by atoms with Crippen LogP contribution in [0.5, 0.6) is 0 Å². The van der Waals surface area contributed by atoms with Crippen LogP contribution in [0.1, 0.15) is 11.3 Å². The lowest BCUT2D eigenvalue weighted by atomic mass is 10.0. The SMILES string of the molecule is CNc1cc(-c2cncc(-c3cccc(CN4CCOCC4)c3)c2)nc(-c2cccc(C)n2)n1. The maximum atomic E-state index is 5.48. The Morgan fingerprint density at radius 2 is 1.68 bits per heavy atom. The molecule has 4 aromatic rings. The average Bonchev–Trinajstić information content (AvgIpc) is 2.89. The fraction of sp³-hybridized carbons (Fsp3) is 0.259. The topological polar surface area (TPSA) is 76.1 Å². The summed E-state index contributed by atoms with van der Waals surface area (Å²) in [6, 6.07) is 18.6. The predicted octanol–water partition coefficient (Wildman–Crippen LogP) is 4.45. The lowest BCUT2D eigenvalue weighted by Crippen LogP contribution is -2.35. The second-order valence-electron chi connectivity index (χ2n) is 8.43. The van der Waals surface area contributed by atoms with Crippen molar-refractivity contribution < 1.29 is 4.74 Å². The van der Waals surface area contributed by atoms with Gasteiger partial charge in [0, 0.05) is 62.0 Å². The first-order valence-electron chi connectivity index (χ1n) is 11.5. The number of nitrogens with zero attached hydrogens (tertiary/aromatic N) is 5. The van der Waals surface area contributed by atoms with E-state index < -0.39 is 0 Å². The van der Waals surface area contributed by atoms with Gasteiger partial charge in [0.15, 0.2) is 5.82 Å². The zero-order valence-corrected chi connectivity index (χ0v) is 19.5. The number of rotatable bonds is 6. The van der Waals surface area contributed by atoms with Gasteiger partial charge >= 0.3 is 0 Å². The highest BCUT2D eigenvalue weighted by molar-refractivity contribution is 5.72. The van der Waals surface area contributed by atoms with E-state index in [1.165, 1.54) is 5.56 Å². The molecule has 1 N–H and O–H groups in total. The van der Waals surface area contributed by atoms with Gasteiger partial charge in [-0.15, -0.1) is 0 Å². The molecule has 0 bridgehead atoms. The summed E-state index contributed by atoms with van der Waals surface area (Å²) < 4.78 is 5.48. The lowest BCUT2D eigenvalue weighted by Gasteiger charge is -2.26. The smallest absolute Gasteiger partial charge is 0.180 e. The van der Waals surface area contributed by atoms with Gasteiger partial charge in [-0.1, -0.05) is 24.3 Å². The van der Waals surface area contributed by atoms with Gasteiger partial charge in [0.05, 0.1) is 18.9 Å². The van der Waals surface area contributed by atoms with E-state index >= 15 is 0 Å². The first-order chi connectivity index (χ1) is 16.7. The van der Waals surface area contributed by atoms with Crippen molar-refractivity contribution in [3.63, 3.8) is 0 Å². The van der Waals surface area contributed by atoms with Gasteiger partial charge in [-0.2, -0.15) is 0 Å². The van der Waals surface area contributed by atoms with Crippen LogP contribution in [0.2, 0.25) is 0 Å². The van der Waals surface area contributed by atoms with E-state index in [0.717, 1.165) is 72.4 Å². The number of nitrogens with one attached hydrogen (secondary N) is 1. The molecule has 0 amide bonds. The normalized spacial score (nSPS) is 14.2. The molecule has 4 heterocycles. The van der Waals surface area contributed by atoms with Crippen molar-refractivity contribution in [2.45, 2.75) is 13.5 Å². The minimum atomic E-state index is 0.587. The van der Waals surface area contributed by atoms with Gasteiger partial charge in [-0.25, -0.2) is 15.0 Å². The van der Waals surface area contributed by atoms with Crippen LogP contribution in [-0.4, -0.2) is 58.2 Å². The highest BCUT2D eigenvalue weighted by atomic mass is 16.5. The summed E-state index contributed by atoms with van der Waals surface area (Å²) in [7, 11) is 1.86. The Bertz CT molecular complexity index is 1290. The molecule has 1 aliphatic heterocycles. The van der Waals surface area contributed by atoms with E-state index in [1.807, 2.05) is 50.6 Å². The molecule has 0 atom stereocenters. The summed E-state index contributed by atoms with van der Waals surface area (Å²) in [6.07, 6.45) is 3.75. The molecule has 172 valence electrons. The number of hydrogen-bond donors (Lipinski definition) is 1. The van der Waals surface area contributed by atoms with Crippen molar-refractivity contribution in [2.24, 2.45) is 0 Å². The molecule has 34 heavy (non-hydrogen) atoms. The van der Waals surface area contributed by atoms with Gasteiger partial charge in [-0.3, -0.25) is 9.88 Å².